The fourth-order valence-electron chi connectivity index (χ4n) is 2.98. The summed E-state index contributed by atoms with van der Waals surface area (Å²) in [5, 5.41) is 2.94. The molecule has 17 heavy (non-hydrogen) atoms. The molecule has 90 valence electrons. The van der Waals surface area contributed by atoms with Crippen molar-refractivity contribution in [2.75, 3.05) is 25.5 Å². The van der Waals surface area contributed by atoms with Crippen LogP contribution < -0.4 is 5.32 Å². The molecule has 1 N–H and O–H groups in total. The first-order chi connectivity index (χ1) is 8.24. The monoisotopic (exact) mass is 230 g/mol. The van der Waals surface area contributed by atoms with Gasteiger partial charge in [-0.2, -0.15) is 0 Å². The summed E-state index contributed by atoms with van der Waals surface area (Å²) in [5.74, 6) is 0.772. The molecule has 3 rings (SSSR count). The summed E-state index contributed by atoms with van der Waals surface area (Å²) in [4.78, 5) is 13.8. The average molecular weight is 230 g/mol. The van der Waals surface area contributed by atoms with Crippen LogP contribution in [0.5, 0.6) is 0 Å². The average Bonchev–Trinajstić information content (AvgIpc) is 2.70. The first kappa shape index (κ1) is 10.8. The number of hydrogen-bond donors (Lipinski definition) is 1. The summed E-state index contributed by atoms with van der Waals surface area (Å²) >= 11 is 0. The molecule has 0 unspecified atom stereocenters. The van der Waals surface area contributed by atoms with Crippen molar-refractivity contribution in [3.63, 3.8) is 0 Å². The maximum Gasteiger partial charge on any atom is 0.228 e. The normalized spacial score (nSPS) is 21.4. The predicted octanol–water partition coefficient (Wildman–Crippen LogP) is 1.99. The largest absolute Gasteiger partial charge is 0.326 e. The molecule has 1 aromatic carbocycles. The summed E-state index contributed by atoms with van der Waals surface area (Å²) in [5.41, 5.74) is 3.67. The van der Waals surface area contributed by atoms with Crippen molar-refractivity contribution in [2.24, 2.45) is 0 Å². The van der Waals surface area contributed by atoms with Crippen LogP contribution in [0.15, 0.2) is 18.2 Å². The maximum absolute atomic E-state index is 11.5. The molecule has 1 aromatic rings. The van der Waals surface area contributed by atoms with Crippen LogP contribution in [-0.4, -0.2) is 30.9 Å². The summed E-state index contributed by atoms with van der Waals surface area (Å²) < 4.78 is 0. The Balaban J connectivity index is 1.89. The zero-order valence-electron chi connectivity index (χ0n) is 10.2. The lowest BCUT2D eigenvalue weighted by atomic mass is 9.86. The molecule has 3 heteroatoms. The van der Waals surface area contributed by atoms with Crippen LogP contribution in [0, 0.1) is 0 Å². The van der Waals surface area contributed by atoms with E-state index in [4.69, 9.17) is 0 Å². The second kappa shape index (κ2) is 4.15. The minimum atomic E-state index is 0.139. The van der Waals surface area contributed by atoms with Crippen molar-refractivity contribution in [2.45, 2.75) is 25.2 Å². The van der Waals surface area contributed by atoms with E-state index in [-0.39, 0.29) is 5.91 Å². The van der Waals surface area contributed by atoms with Gasteiger partial charge in [-0.1, -0.05) is 12.1 Å². The van der Waals surface area contributed by atoms with E-state index in [9.17, 15) is 4.79 Å². The minimum Gasteiger partial charge on any atom is -0.326 e. The van der Waals surface area contributed by atoms with Crippen LogP contribution >= 0.6 is 0 Å². The molecule has 0 atom stereocenters. The van der Waals surface area contributed by atoms with Crippen LogP contribution in [0.3, 0.4) is 0 Å². The van der Waals surface area contributed by atoms with Crippen LogP contribution in [0.4, 0.5) is 5.69 Å². The standard InChI is InChI=1S/C14H18N2O/c1-16-7-5-10(6-8-16)11-3-2-4-13-12(11)9-14(17)15-13/h2-4,10H,5-9H2,1H3,(H,15,17). The number of carbonyl (C=O) groups is 1. The number of likely N-dealkylation sites (tertiary alicyclic amines) is 1. The molecule has 1 saturated heterocycles. The highest BCUT2D eigenvalue weighted by Crippen LogP contribution is 2.35. The molecule has 0 aliphatic carbocycles. The Morgan fingerprint density at radius 2 is 2.06 bits per heavy atom. The number of carbonyl (C=O) groups excluding carboxylic acids is 1. The van der Waals surface area contributed by atoms with Crippen LogP contribution in [-0.2, 0) is 11.2 Å². The lowest BCUT2D eigenvalue weighted by Crippen LogP contribution is -2.29. The van der Waals surface area contributed by atoms with Gasteiger partial charge in [-0.3, -0.25) is 4.79 Å². The van der Waals surface area contributed by atoms with Crippen LogP contribution in [0.25, 0.3) is 0 Å². The lowest BCUT2D eigenvalue weighted by molar-refractivity contribution is -0.115. The number of benzene rings is 1. The van der Waals surface area contributed by atoms with Gasteiger partial charge >= 0.3 is 0 Å². The summed E-state index contributed by atoms with van der Waals surface area (Å²) in [6.45, 7) is 2.32. The summed E-state index contributed by atoms with van der Waals surface area (Å²) in [6, 6.07) is 6.28. The molecular weight excluding hydrogens is 212 g/mol. The predicted molar refractivity (Wildman–Crippen MR) is 68.2 cm³/mol. The van der Waals surface area contributed by atoms with Gasteiger partial charge in [-0.15, -0.1) is 0 Å². The number of anilines is 1. The van der Waals surface area contributed by atoms with Crippen molar-refractivity contribution < 1.29 is 4.79 Å². The Hall–Kier alpha value is -1.35. The van der Waals surface area contributed by atoms with Gasteiger partial charge in [0.25, 0.3) is 0 Å². The number of hydrogen-bond acceptors (Lipinski definition) is 2. The highest BCUT2D eigenvalue weighted by molar-refractivity contribution is 5.99. The first-order valence-electron chi connectivity index (χ1n) is 6.34. The second-order valence-corrected chi connectivity index (χ2v) is 5.18. The zero-order valence-corrected chi connectivity index (χ0v) is 10.2. The van der Waals surface area contributed by atoms with Gasteiger partial charge in [-0.05, 0) is 56.1 Å². The van der Waals surface area contributed by atoms with E-state index in [1.54, 1.807) is 0 Å². The van der Waals surface area contributed by atoms with Gasteiger partial charge in [0.15, 0.2) is 0 Å². The number of nitrogens with one attached hydrogen (secondary N) is 1. The van der Waals surface area contributed by atoms with E-state index in [2.05, 4.69) is 29.4 Å². The number of amides is 1. The van der Waals surface area contributed by atoms with Crippen LogP contribution in [0.2, 0.25) is 0 Å². The van der Waals surface area contributed by atoms with E-state index in [0.29, 0.717) is 12.3 Å². The van der Waals surface area contributed by atoms with Gasteiger partial charge in [0.1, 0.15) is 0 Å². The molecule has 0 bridgehead atoms. The highest BCUT2D eigenvalue weighted by atomic mass is 16.1. The molecule has 3 nitrogen and oxygen atoms in total. The molecule has 0 aromatic heterocycles. The molecule has 2 aliphatic heterocycles. The third-order valence-corrected chi connectivity index (χ3v) is 3.98. The van der Waals surface area contributed by atoms with Gasteiger partial charge in [0.2, 0.25) is 5.91 Å². The topological polar surface area (TPSA) is 32.3 Å². The van der Waals surface area contributed by atoms with E-state index in [1.807, 2.05) is 6.07 Å². The summed E-state index contributed by atoms with van der Waals surface area (Å²) in [7, 11) is 2.18. The smallest absolute Gasteiger partial charge is 0.228 e. The van der Waals surface area contributed by atoms with Crippen molar-refractivity contribution >= 4 is 11.6 Å². The Morgan fingerprint density at radius 1 is 1.29 bits per heavy atom. The molecule has 0 spiro atoms. The third-order valence-electron chi connectivity index (χ3n) is 3.98. The molecule has 1 fully saturated rings. The fraction of sp³-hybridized carbons (Fsp3) is 0.500. The summed E-state index contributed by atoms with van der Waals surface area (Å²) in [6.07, 6.45) is 2.99. The van der Waals surface area contributed by atoms with E-state index in [0.717, 1.165) is 18.8 Å². The lowest BCUT2D eigenvalue weighted by Gasteiger charge is -2.30. The van der Waals surface area contributed by atoms with Crippen LogP contribution in [0.1, 0.15) is 29.9 Å². The van der Waals surface area contributed by atoms with Crippen molar-refractivity contribution in [1.29, 1.82) is 0 Å². The first-order valence-corrected chi connectivity index (χ1v) is 6.34. The van der Waals surface area contributed by atoms with Crippen molar-refractivity contribution in [1.82, 2.24) is 4.90 Å². The molecule has 0 saturated carbocycles. The maximum atomic E-state index is 11.5. The van der Waals surface area contributed by atoms with Gasteiger partial charge < -0.3 is 10.2 Å². The molecule has 2 heterocycles. The number of piperidine rings is 1. The fourth-order valence-corrected chi connectivity index (χ4v) is 2.98. The number of fused-ring (bicyclic) bond motifs is 1. The zero-order chi connectivity index (χ0) is 11.8. The quantitative estimate of drug-likeness (QED) is 0.800. The molecule has 0 radical (unpaired) electrons. The SMILES string of the molecule is CN1CCC(c2cccc3c2CC(=O)N3)CC1. The number of rotatable bonds is 1. The Morgan fingerprint density at radius 3 is 2.82 bits per heavy atom. The Kier molecular flexibility index (Phi) is 2.63. The van der Waals surface area contributed by atoms with Gasteiger partial charge in [-0.25, -0.2) is 0 Å². The van der Waals surface area contributed by atoms with Crippen molar-refractivity contribution in [3.8, 4) is 0 Å². The van der Waals surface area contributed by atoms with Crippen molar-refractivity contribution in [3.05, 3.63) is 29.3 Å². The Labute approximate surface area is 102 Å². The minimum absolute atomic E-state index is 0.139. The molecule has 1 amide bonds. The van der Waals surface area contributed by atoms with E-state index in [1.165, 1.54) is 24.0 Å². The van der Waals surface area contributed by atoms with Gasteiger partial charge in [0, 0.05) is 5.69 Å². The van der Waals surface area contributed by atoms with E-state index < -0.39 is 0 Å². The molecule has 2 aliphatic rings. The Bertz CT molecular complexity index is 448. The molecular formula is C14H18N2O. The number of nitrogens with zero attached hydrogens (tertiary/aromatic N) is 1. The van der Waals surface area contributed by atoms with E-state index >= 15 is 0 Å². The highest BCUT2D eigenvalue weighted by Gasteiger charge is 2.26. The third kappa shape index (κ3) is 1.95. The van der Waals surface area contributed by atoms with Gasteiger partial charge in [0.05, 0.1) is 6.42 Å². The second-order valence-electron chi connectivity index (χ2n) is 5.18.